The molecule has 0 saturated heterocycles. The van der Waals surface area contributed by atoms with Gasteiger partial charge in [-0.25, -0.2) is 0 Å². The van der Waals surface area contributed by atoms with Gasteiger partial charge in [0.2, 0.25) is 0 Å². The molecule has 0 aliphatic carbocycles. The van der Waals surface area contributed by atoms with Gasteiger partial charge in [-0.15, -0.1) is 0 Å². The van der Waals surface area contributed by atoms with Gasteiger partial charge >= 0.3 is 5.97 Å². The Balaban J connectivity index is 2.17. The highest BCUT2D eigenvalue weighted by Gasteiger charge is 2.25. The van der Waals surface area contributed by atoms with E-state index in [4.69, 9.17) is 4.74 Å². The van der Waals surface area contributed by atoms with E-state index in [1.165, 1.54) is 0 Å². The van der Waals surface area contributed by atoms with E-state index in [9.17, 15) is 9.90 Å². The lowest BCUT2D eigenvalue weighted by molar-refractivity contribution is -0.137. The van der Waals surface area contributed by atoms with Gasteiger partial charge in [-0.1, -0.05) is 34.1 Å². The first-order valence-corrected chi connectivity index (χ1v) is 7.92. The molecule has 3 rings (SSSR count). The summed E-state index contributed by atoms with van der Waals surface area (Å²) in [5.41, 5.74) is 2.51. The lowest BCUT2D eigenvalue weighted by Crippen LogP contribution is -2.12. The van der Waals surface area contributed by atoms with Crippen LogP contribution in [0.25, 0.3) is 10.9 Å². The van der Waals surface area contributed by atoms with Crippen molar-refractivity contribution in [3.63, 3.8) is 0 Å². The maximum absolute atomic E-state index is 11.9. The van der Waals surface area contributed by atoms with Crippen molar-refractivity contribution in [2.24, 2.45) is 7.05 Å². The third-order valence-corrected chi connectivity index (χ3v) is 4.48. The van der Waals surface area contributed by atoms with Crippen LogP contribution in [0.4, 0.5) is 0 Å². The Labute approximate surface area is 142 Å². The van der Waals surface area contributed by atoms with Crippen LogP contribution >= 0.6 is 15.9 Å². The average Bonchev–Trinajstić information content (AvgIpc) is 2.84. The molecular formula is C18H16BrNO3. The molecule has 1 unspecified atom stereocenters. The van der Waals surface area contributed by atoms with Gasteiger partial charge in [-0.3, -0.25) is 4.79 Å². The highest BCUT2D eigenvalue weighted by atomic mass is 79.9. The van der Waals surface area contributed by atoms with Crippen molar-refractivity contribution < 1.29 is 14.6 Å². The number of aromatic nitrogens is 1. The summed E-state index contributed by atoms with van der Waals surface area (Å²) in [6.07, 6.45) is 1.89. The number of nitrogens with zero attached hydrogens (tertiary/aromatic N) is 1. The first-order valence-electron chi connectivity index (χ1n) is 7.12. The predicted octanol–water partition coefficient (Wildman–Crippen LogP) is 4.17. The fourth-order valence-corrected chi connectivity index (χ4v) is 3.22. The van der Waals surface area contributed by atoms with E-state index in [2.05, 4.69) is 15.9 Å². The second kappa shape index (κ2) is 6.08. The summed E-state index contributed by atoms with van der Waals surface area (Å²) < 4.78 is 8.07. The SMILES string of the molecule is COc1ccc(C(C(=O)O)c2cn(C)c3cc(Br)ccc23)cc1. The molecule has 1 aromatic heterocycles. The molecule has 2 aromatic carbocycles. The Morgan fingerprint density at radius 1 is 1.22 bits per heavy atom. The minimum atomic E-state index is -0.870. The lowest BCUT2D eigenvalue weighted by Gasteiger charge is -2.13. The maximum Gasteiger partial charge on any atom is 0.315 e. The molecule has 3 aromatic rings. The molecule has 118 valence electrons. The van der Waals surface area contributed by atoms with E-state index in [1.54, 1.807) is 31.4 Å². The van der Waals surface area contributed by atoms with Crippen molar-refractivity contribution in [3.8, 4) is 5.75 Å². The fourth-order valence-electron chi connectivity index (χ4n) is 2.87. The van der Waals surface area contributed by atoms with Crippen molar-refractivity contribution >= 4 is 32.8 Å². The highest BCUT2D eigenvalue weighted by Crippen LogP contribution is 2.34. The number of carboxylic acid groups (broad SMARTS) is 1. The quantitative estimate of drug-likeness (QED) is 0.746. The minimum Gasteiger partial charge on any atom is -0.497 e. The number of fused-ring (bicyclic) bond motifs is 1. The molecule has 1 N–H and O–H groups in total. The standard InChI is InChI=1S/C18H16BrNO3/c1-20-10-15(14-8-5-12(19)9-16(14)20)17(18(21)22)11-3-6-13(23-2)7-4-11/h3-10,17H,1-2H3,(H,21,22). The molecule has 23 heavy (non-hydrogen) atoms. The molecule has 1 atom stereocenters. The van der Waals surface area contributed by atoms with Crippen LogP contribution in [0.5, 0.6) is 5.75 Å². The molecule has 0 fully saturated rings. The summed E-state index contributed by atoms with van der Waals surface area (Å²) in [5.74, 6) is -0.879. The van der Waals surface area contributed by atoms with Gasteiger partial charge < -0.3 is 14.4 Å². The van der Waals surface area contributed by atoms with Gasteiger partial charge in [-0.2, -0.15) is 0 Å². The van der Waals surface area contributed by atoms with E-state index in [0.717, 1.165) is 26.5 Å². The van der Waals surface area contributed by atoms with E-state index < -0.39 is 11.9 Å². The maximum atomic E-state index is 11.9. The molecule has 0 radical (unpaired) electrons. The largest absolute Gasteiger partial charge is 0.497 e. The van der Waals surface area contributed by atoms with Gasteiger partial charge in [0.05, 0.1) is 7.11 Å². The van der Waals surface area contributed by atoms with Gasteiger partial charge in [-0.05, 0) is 35.4 Å². The molecule has 0 saturated carbocycles. The zero-order chi connectivity index (χ0) is 16.6. The number of rotatable bonds is 4. The second-order valence-corrected chi connectivity index (χ2v) is 6.32. The van der Waals surface area contributed by atoms with Gasteiger partial charge in [0.15, 0.2) is 0 Å². The Hall–Kier alpha value is -2.27. The number of ether oxygens (including phenoxy) is 1. The Morgan fingerprint density at radius 2 is 1.91 bits per heavy atom. The second-order valence-electron chi connectivity index (χ2n) is 5.40. The smallest absolute Gasteiger partial charge is 0.315 e. The summed E-state index contributed by atoms with van der Waals surface area (Å²) in [7, 11) is 3.51. The summed E-state index contributed by atoms with van der Waals surface area (Å²) in [5, 5.41) is 10.7. The number of methoxy groups -OCH3 is 1. The Morgan fingerprint density at radius 3 is 2.52 bits per heavy atom. The third-order valence-electron chi connectivity index (χ3n) is 3.99. The zero-order valence-electron chi connectivity index (χ0n) is 12.8. The molecule has 0 amide bonds. The van der Waals surface area contributed by atoms with Gasteiger partial charge in [0, 0.05) is 28.6 Å². The van der Waals surface area contributed by atoms with Crippen molar-refractivity contribution in [3.05, 3.63) is 64.3 Å². The number of benzene rings is 2. The molecule has 0 aliphatic rings. The Bertz CT molecular complexity index is 868. The summed E-state index contributed by atoms with van der Waals surface area (Å²) in [6.45, 7) is 0. The predicted molar refractivity (Wildman–Crippen MR) is 93.1 cm³/mol. The molecule has 0 aliphatic heterocycles. The van der Waals surface area contributed by atoms with E-state index >= 15 is 0 Å². The van der Waals surface area contributed by atoms with Crippen molar-refractivity contribution in [1.29, 1.82) is 0 Å². The highest BCUT2D eigenvalue weighted by molar-refractivity contribution is 9.10. The van der Waals surface area contributed by atoms with Gasteiger partial charge in [0.1, 0.15) is 11.7 Å². The molecule has 0 spiro atoms. The van der Waals surface area contributed by atoms with Gasteiger partial charge in [0.25, 0.3) is 0 Å². The zero-order valence-corrected chi connectivity index (χ0v) is 14.4. The number of carboxylic acids is 1. The monoisotopic (exact) mass is 373 g/mol. The van der Waals surface area contributed by atoms with Crippen LogP contribution in [0.2, 0.25) is 0 Å². The molecule has 5 heteroatoms. The average molecular weight is 374 g/mol. The number of aryl methyl sites for hydroxylation is 1. The van der Waals surface area contributed by atoms with Crippen molar-refractivity contribution in [2.45, 2.75) is 5.92 Å². The number of hydrogen-bond donors (Lipinski definition) is 1. The van der Waals surface area contributed by atoms with Crippen LogP contribution in [-0.2, 0) is 11.8 Å². The van der Waals surface area contributed by atoms with Crippen LogP contribution in [-0.4, -0.2) is 22.8 Å². The van der Waals surface area contributed by atoms with Crippen molar-refractivity contribution in [1.82, 2.24) is 4.57 Å². The normalized spacial score (nSPS) is 12.3. The number of halogens is 1. The molecule has 0 bridgehead atoms. The van der Waals surface area contributed by atoms with E-state index in [0.29, 0.717) is 5.75 Å². The molecule has 4 nitrogen and oxygen atoms in total. The van der Waals surface area contributed by atoms with Crippen molar-refractivity contribution in [2.75, 3.05) is 7.11 Å². The van der Waals surface area contributed by atoms with Crippen LogP contribution in [0.3, 0.4) is 0 Å². The van der Waals surface area contributed by atoms with Crippen LogP contribution in [0.1, 0.15) is 17.0 Å². The Kier molecular flexibility index (Phi) is 4.13. The molecule has 1 heterocycles. The summed E-state index contributed by atoms with van der Waals surface area (Å²) >= 11 is 3.46. The van der Waals surface area contributed by atoms with E-state index in [-0.39, 0.29) is 0 Å². The fraction of sp³-hybridized carbons (Fsp3) is 0.167. The lowest BCUT2D eigenvalue weighted by atomic mass is 9.91. The first-order chi connectivity index (χ1) is 11.0. The minimum absolute atomic E-state index is 0.708. The summed E-state index contributed by atoms with van der Waals surface area (Å²) in [6, 6.07) is 13.0. The molecular weight excluding hydrogens is 358 g/mol. The van der Waals surface area contributed by atoms with Crippen LogP contribution in [0, 0.1) is 0 Å². The topological polar surface area (TPSA) is 51.5 Å². The van der Waals surface area contributed by atoms with E-state index in [1.807, 2.05) is 36.0 Å². The number of hydrogen-bond acceptors (Lipinski definition) is 2. The van der Waals surface area contributed by atoms with Crippen LogP contribution < -0.4 is 4.74 Å². The third kappa shape index (κ3) is 2.84. The first kappa shape index (κ1) is 15.6. The van der Waals surface area contributed by atoms with Crippen LogP contribution in [0.15, 0.2) is 53.1 Å². The number of carbonyl (C=O) groups is 1. The number of aliphatic carboxylic acids is 1. The summed E-state index contributed by atoms with van der Waals surface area (Å²) in [4.78, 5) is 11.9.